The van der Waals surface area contributed by atoms with Crippen molar-refractivity contribution in [1.82, 2.24) is 0 Å². The number of hydrogen-bond acceptors (Lipinski definition) is 7. The number of aliphatic hydroxyl groups is 2. The summed E-state index contributed by atoms with van der Waals surface area (Å²) in [6.07, 6.45) is 9.10. The molecule has 37 heavy (non-hydrogen) atoms. The minimum absolute atomic E-state index is 0.0290. The average molecular weight is 523 g/mol. The van der Waals surface area contributed by atoms with Crippen molar-refractivity contribution in [3.8, 4) is 0 Å². The second kappa shape index (κ2) is 14.1. The Balaban J connectivity index is 2.15. The van der Waals surface area contributed by atoms with E-state index in [1.54, 1.807) is 19.9 Å². The molecule has 0 aliphatic heterocycles. The summed E-state index contributed by atoms with van der Waals surface area (Å²) in [5, 5.41) is 29.2. The molecule has 0 amide bonds. The number of ether oxygens (including phenoxy) is 2. The number of carboxylic acid groups (broad SMARTS) is 1. The third-order valence-corrected chi connectivity index (χ3v) is 9.15. The van der Waals surface area contributed by atoms with E-state index in [1.165, 1.54) is 0 Å². The highest BCUT2D eigenvalue weighted by atomic mass is 16.5. The SMILES string of the molecule is C/C=C(/C)C(=O)OC[C@@H](CCO)CC[C@@]1(C)[C@H](C)CC[C@@]2(CO)C(COC(=O)CCC(=O)O)=CCC[C@@H]21. The van der Waals surface area contributed by atoms with Crippen molar-refractivity contribution in [2.45, 2.75) is 85.5 Å². The second-order valence-electron chi connectivity index (χ2n) is 11.2. The number of fused-ring (bicyclic) bond motifs is 1. The van der Waals surface area contributed by atoms with Gasteiger partial charge in [-0.1, -0.05) is 26.0 Å². The molecule has 0 spiro atoms. The molecule has 0 unspecified atom stereocenters. The van der Waals surface area contributed by atoms with E-state index in [9.17, 15) is 24.6 Å². The summed E-state index contributed by atoms with van der Waals surface area (Å²) in [6.45, 7) is 8.42. The second-order valence-corrected chi connectivity index (χ2v) is 11.2. The summed E-state index contributed by atoms with van der Waals surface area (Å²) < 4.78 is 11.0. The Labute approximate surface area is 221 Å². The topological polar surface area (TPSA) is 130 Å². The van der Waals surface area contributed by atoms with Gasteiger partial charge in [0, 0.05) is 17.6 Å². The molecular weight excluding hydrogens is 476 g/mol. The summed E-state index contributed by atoms with van der Waals surface area (Å²) in [6, 6.07) is 0. The minimum Gasteiger partial charge on any atom is -0.481 e. The lowest BCUT2D eigenvalue weighted by Gasteiger charge is -2.59. The summed E-state index contributed by atoms with van der Waals surface area (Å²) >= 11 is 0. The van der Waals surface area contributed by atoms with Crippen molar-refractivity contribution in [1.29, 1.82) is 0 Å². The van der Waals surface area contributed by atoms with Crippen LogP contribution in [0.3, 0.4) is 0 Å². The van der Waals surface area contributed by atoms with Crippen molar-refractivity contribution < 1.29 is 39.2 Å². The number of aliphatic carboxylic acids is 1. The lowest BCUT2D eigenvalue weighted by atomic mass is 9.46. The Morgan fingerprint density at radius 3 is 2.51 bits per heavy atom. The Kier molecular flexibility index (Phi) is 11.8. The number of carbonyl (C=O) groups excluding carboxylic acids is 2. The zero-order valence-electron chi connectivity index (χ0n) is 23.0. The zero-order valence-corrected chi connectivity index (χ0v) is 23.0. The van der Waals surface area contributed by atoms with Gasteiger partial charge in [0.05, 0.1) is 26.1 Å². The molecule has 0 aromatic rings. The van der Waals surface area contributed by atoms with Crippen LogP contribution in [0.5, 0.6) is 0 Å². The number of allylic oxidation sites excluding steroid dienone is 2. The predicted molar refractivity (Wildman–Crippen MR) is 139 cm³/mol. The molecule has 2 aliphatic carbocycles. The molecular formula is C29H46O8. The van der Waals surface area contributed by atoms with Crippen LogP contribution in [0.1, 0.15) is 85.5 Å². The summed E-state index contributed by atoms with van der Waals surface area (Å²) in [5.41, 5.74) is 0.934. The lowest BCUT2D eigenvalue weighted by Crippen LogP contribution is -2.53. The molecule has 1 fully saturated rings. The fraction of sp³-hybridized carbons (Fsp3) is 0.759. The molecule has 210 valence electrons. The smallest absolute Gasteiger partial charge is 0.333 e. The van der Waals surface area contributed by atoms with E-state index in [2.05, 4.69) is 19.9 Å². The van der Waals surface area contributed by atoms with Crippen LogP contribution in [0, 0.1) is 28.6 Å². The molecule has 8 heteroatoms. The zero-order chi connectivity index (χ0) is 27.6. The van der Waals surface area contributed by atoms with Gasteiger partial charge in [0.2, 0.25) is 0 Å². The minimum atomic E-state index is -1.04. The average Bonchev–Trinajstić information content (AvgIpc) is 2.89. The van der Waals surface area contributed by atoms with E-state index in [0.29, 0.717) is 17.9 Å². The summed E-state index contributed by atoms with van der Waals surface area (Å²) in [4.78, 5) is 35.0. The number of esters is 2. The van der Waals surface area contributed by atoms with Gasteiger partial charge in [-0.3, -0.25) is 9.59 Å². The highest BCUT2D eigenvalue weighted by Crippen LogP contribution is 2.62. The van der Waals surface area contributed by atoms with Crippen molar-refractivity contribution in [2.75, 3.05) is 26.4 Å². The normalized spacial score (nSPS) is 28.6. The van der Waals surface area contributed by atoms with Crippen LogP contribution in [0.4, 0.5) is 0 Å². The molecule has 0 radical (unpaired) electrons. The number of hydrogen-bond donors (Lipinski definition) is 3. The number of carbonyl (C=O) groups is 3. The maximum atomic E-state index is 12.1. The third kappa shape index (κ3) is 7.66. The third-order valence-electron chi connectivity index (χ3n) is 9.15. The Morgan fingerprint density at radius 2 is 1.89 bits per heavy atom. The molecule has 2 rings (SSSR count). The van der Waals surface area contributed by atoms with Gasteiger partial charge in [-0.2, -0.15) is 0 Å². The van der Waals surface area contributed by atoms with Gasteiger partial charge in [-0.15, -0.1) is 0 Å². The van der Waals surface area contributed by atoms with Gasteiger partial charge in [0.25, 0.3) is 0 Å². The first-order chi connectivity index (χ1) is 17.5. The number of aliphatic hydroxyl groups excluding tert-OH is 2. The van der Waals surface area contributed by atoms with Crippen LogP contribution >= 0.6 is 0 Å². The maximum Gasteiger partial charge on any atom is 0.333 e. The molecule has 8 nitrogen and oxygen atoms in total. The van der Waals surface area contributed by atoms with Crippen molar-refractivity contribution >= 4 is 17.9 Å². The van der Waals surface area contributed by atoms with E-state index >= 15 is 0 Å². The van der Waals surface area contributed by atoms with E-state index in [4.69, 9.17) is 14.6 Å². The van der Waals surface area contributed by atoms with Crippen LogP contribution in [0.15, 0.2) is 23.3 Å². The molecule has 0 saturated heterocycles. The molecule has 1 saturated carbocycles. The molecule has 0 aromatic carbocycles. The molecule has 5 atom stereocenters. The lowest BCUT2D eigenvalue weighted by molar-refractivity contribution is -0.148. The molecule has 0 heterocycles. The van der Waals surface area contributed by atoms with Crippen molar-refractivity contribution in [3.05, 3.63) is 23.3 Å². The van der Waals surface area contributed by atoms with Gasteiger partial charge in [0.15, 0.2) is 0 Å². The van der Waals surface area contributed by atoms with Gasteiger partial charge in [0.1, 0.15) is 6.61 Å². The number of rotatable bonds is 14. The first kappa shape index (κ1) is 31.0. The predicted octanol–water partition coefficient (Wildman–Crippen LogP) is 4.43. The molecule has 0 aromatic heterocycles. The Morgan fingerprint density at radius 1 is 1.16 bits per heavy atom. The van der Waals surface area contributed by atoms with Crippen molar-refractivity contribution in [3.63, 3.8) is 0 Å². The Hall–Kier alpha value is -2.19. The maximum absolute atomic E-state index is 12.1. The largest absolute Gasteiger partial charge is 0.481 e. The highest BCUT2D eigenvalue weighted by molar-refractivity contribution is 5.87. The number of carboxylic acids is 1. The fourth-order valence-electron chi connectivity index (χ4n) is 6.36. The van der Waals surface area contributed by atoms with Crippen molar-refractivity contribution in [2.24, 2.45) is 28.6 Å². The molecule has 2 aliphatic rings. The molecule has 0 bridgehead atoms. The quantitative estimate of drug-likeness (QED) is 0.173. The van der Waals surface area contributed by atoms with Gasteiger partial charge in [-0.05, 0) is 87.5 Å². The summed E-state index contributed by atoms with van der Waals surface area (Å²) in [5.74, 6) is -1.26. The van der Waals surface area contributed by atoms with Gasteiger partial charge < -0.3 is 24.8 Å². The van der Waals surface area contributed by atoms with E-state index in [1.807, 2.05) is 0 Å². The van der Waals surface area contributed by atoms with Gasteiger partial charge in [-0.25, -0.2) is 4.79 Å². The van der Waals surface area contributed by atoms with Crippen LogP contribution in [0.2, 0.25) is 0 Å². The Bertz CT molecular complexity index is 862. The van der Waals surface area contributed by atoms with Crippen LogP contribution in [0.25, 0.3) is 0 Å². The standard InChI is InChI=1S/C29H46O8/c1-5-20(2)27(35)37-17-22(13-16-30)12-14-28(4)21(3)11-15-29(19-31)23(7-6-8-24(28)29)18-36-26(34)10-9-25(32)33/h5,7,21-22,24,30-31H,6,8-19H2,1-4H3,(H,32,33)/b20-5-/t21-,22-,24-,28+,29-/m1/s1. The van der Waals surface area contributed by atoms with Crippen LogP contribution < -0.4 is 0 Å². The van der Waals surface area contributed by atoms with Gasteiger partial charge >= 0.3 is 17.9 Å². The summed E-state index contributed by atoms with van der Waals surface area (Å²) in [7, 11) is 0. The monoisotopic (exact) mass is 522 g/mol. The van der Waals surface area contributed by atoms with Crippen LogP contribution in [-0.4, -0.2) is 59.7 Å². The molecule has 3 N–H and O–H groups in total. The van der Waals surface area contributed by atoms with Crippen LogP contribution in [-0.2, 0) is 23.9 Å². The van der Waals surface area contributed by atoms with E-state index in [0.717, 1.165) is 44.1 Å². The fourth-order valence-corrected chi connectivity index (χ4v) is 6.36. The van der Waals surface area contributed by atoms with E-state index < -0.39 is 17.4 Å². The first-order valence-corrected chi connectivity index (χ1v) is 13.6. The highest BCUT2D eigenvalue weighted by Gasteiger charge is 2.56. The first-order valence-electron chi connectivity index (χ1n) is 13.6. The van der Waals surface area contributed by atoms with E-state index in [-0.39, 0.29) is 62.5 Å².